The zero-order valence-corrected chi connectivity index (χ0v) is 7.86. The molecule has 0 amide bonds. The normalized spacial score (nSPS) is 25.4. The van der Waals surface area contributed by atoms with Crippen LogP contribution in [0.1, 0.15) is 19.3 Å². The Morgan fingerprint density at radius 2 is 2.36 bits per heavy atom. The van der Waals surface area contributed by atoms with Gasteiger partial charge < -0.3 is 21.9 Å². The lowest BCUT2D eigenvalue weighted by atomic mass is 10.0. The molecule has 0 bridgehead atoms. The van der Waals surface area contributed by atoms with E-state index in [1.54, 1.807) is 18.2 Å². The monoisotopic (exact) mass is 197 g/mol. The van der Waals surface area contributed by atoms with Gasteiger partial charge >= 0.3 is 5.97 Å². The zero-order valence-electron chi connectivity index (χ0n) is 7.86. The predicted octanol–water partition coefficient (Wildman–Crippen LogP) is -0.144. The first-order valence-electron chi connectivity index (χ1n) is 4.46. The van der Waals surface area contributed by atoms with E-state index in [4.69, 9.17) is 16.6 Å². The minimum Gasteiger partial charge on any atom is -0.481 e. The average molecular weight is 197 g/mol. The summed E-state index contributed by atoms with van der Waals surface area (Å²) in [5.74, 6) is -0.303. The van der Waals surface area contributed by atoms with Crippen LogP contribution in [0.15, 0.2) is 24.0 Å². The number of hydrogen-bond acceptors (Lipinski definition) is 4. The van der Waals surface area contributed by atoms with Gasteiger partial charge in [0.2, 0.25) is 0 Å². The maximum Gasteiger partial charge on any atom is 0.303 e. The number of carbonyl (C=O) groups is 1. The lowest BCUT2D eigenvalue weighted by Crippen LogP contribution is -2.53. The Labute approximate surface area is 82.5 Å². The first kappa shape index (κ1) is 10.6. The van der Waals surface area contributed by atoms with E-state index in [1.807, 2.05) is 0 Å². The van der Waals surface area contributed by atoms with Gasteiger partial charge in [-0.2, -0.15) is 0 Å². The van der Waals surface area contributed by atoms with Gasteiger partial charge in [-0.3, -0.25) is 4.79 Å². The van der Waals surface area contributed by atoms with Gasteiger partial charge in [-0.1, -0.05) is 6.08 Å². The highest BCUT2D eigenvalue weighted by atomic mass is 16.4. The molecule has 0 radical (unpaired) electrons. The van der Waals surface area contributed by atoms with Crippen molar-refractivity contribution in [1.82, 2.24) is 5.32 Å². The second kappa shape index (κ2) is 4.15. The number of dihydropyridines is 1. The van der Waals surface area contributed by atoms with Crippen LogP contribution in [0, 0.1) is 0 Å². The van der Waals surface area contributed by atoms with E-state index in [2.05, 4.69) is 5.32 Å². The molecule has 0 aromatic heterocycles. The summed E-state index contributed by atoms with van der Waals surface area (Å²) < 4.78 is 0. The number of hydrogen-bond donors (Lipinski definition) is 4. The van der Waals surface area contributed by atoms with Crippen molar-refractivity contribution in [3.05, 3.63) is 24.0 Å². The topological polar surface area (TPSA) is 101 Å². The quantitative estimate of drug-likeness (QED) is 0.502. The van der Waals surface area contributed by atoms with Crippen LogP contribution < -0.4 is 16.8 Å². The van der Waals surface area contributed by atoms with Crippen molar-refractivity contribution in [2.24, 2.45) is 11.5 Å². The summed E-state index contributed by atoms with van der Waals surface area (Å²) in [5.41, 5.74) is 10.8. The summed E-state index contributed by atoms with van der Waals surface area (Å²) in [4.78, 5) is 10.3. The van der Waals surface area contributed by atoms with Crippen LogP contribution in [-0.4, -0.2) is 16.7 Å². The number of allylic oxidation sites excluding steroid dienone is 2. The first-order valence-corrected chi connectivity index (χ1v) is 4.46. The van der Waals surface area contributed by atoms with Gasteiger partial charge in [-0.15, -0.1) is 0 Å². The Kier molecular flexibility index (Phi) is 3.14. The van der Waals surface area contributed by atoms with E-state index >= 15 is 0 Å². The number of aliphatic carboxylic acids is 1. The van der Waals surface area contributed by atoms with E-state index in [0.717, 1.165) is 0 Å². The number of carboxylic acid groups (broad SMARTS) is 1. The van der Waals surface area contributed by atoms with Crippen molar-refractivity contribution in [1.29, 1.82) is 0 Å². The number of nitrogens with two attached hydrogens (primary N) is 2. The lowest BCUT2D eigenvalue weighted by molar-refractivity contribution is -0.137. The van der Waals surface area contributed by atoms with E-state index in [-0.39, 0.29) is 6.42 Å². The summed E-state index contributed by atoms with van der Waals surface area (Å²) in [6, 6.07) is 0. The molecule has 1 atom stereocenters. The highest BCUT2D eigenvalue weighted by molar-refractivity contribution is 5.66. The fourth-order valence-corrected chi connectivity index (χ4v) is 1.35. The minimum atomic E-state index is -0.808. The van der Waals surface area contributed by atoms with E-state index in [9.17, 15) is 4.79 Å². The van der Waals surface area contributed by atoms with Crippen molar-refractivity contribution < 1.29 is 9.90 Å². The minimum absolute atomic E-state index is 0.123. The molecule has 0 fully saturated rings. The summed E-state index contributed by atoms with van der Waals surface area (Å²) >= 11 is 0. The van der Waals surface area contributed by atoms with Crippen molar-refractivity contribution in [3.63, 3.8) is 0 Å². The van der Waals surface area contributed by atoms with E-state index in [1.165, 1.54) is 0 Å². The molecular formula is C9H15N3O2. The Bertz CT molecular complexity index is 286. The van der Waals surface area contributed by atoms with Gasteiger partial charge in [-0.05, 0) is 25.0 Å². The summed E-state index contributed by atoms with van der Waals surface area (Å²) in [6.07, 6.45) is 6.46. The highest BCUT2D eigenvalue weighted by Gasteiger charge is 2.22. The highest BCUT2D eigenvalue weighted by Crippen LogP contribution is 2.14. The van der Waals surface area contributed by atoms with Gasteiger partial charge in [-0.25, -0.2) is 0 Å². The van der Waals surface area contributed by atoms with Crippen LogP contribution in [-0.2, 0) is 4.79 Å². The van der Waals surface area contributed by atoms with Gasteiger partial charge in [0.05, 0.1) is 5.82 Å². The third-order valence-corrected chi connectivity index (χ3v) is 2.03. The summed E-state index contributed by atoms with van der Waals surface area (Å²) in [6.45, 7) is 0. The third-order valence-electron chi connectivity index (χ3n) is 2.03. The maximum absolute atomic E-state index is 10.3. The van der Waals surface area contributed by atoms with Gasteiger partial charge in [0.25, 0.3) is 0 Å². The van der Waals surface area contributed by atoms with E-state index in [0.29, 0.717) is 18.7 Å². The van der Waals surface area contributed by atoms with Gasteiger partial charge in [0.15, 0.2) is 0 Å². The number of nitrogens with one attached hydrogen (secondary N) is 1. The first-order chi connectivity index (χ1) is 6.52. The molecule has 0 aliphatic carbocycles. The SMILES string of the molecule is NC1=CC=CC(N)(CCCC(=O)O)N1. The van der Waals surface area contributed by atoms with Crippen molar-refractivity contribution >= 4 is 5.97 Å². The molecule has 0 aromatic carbocycles. The number of rotatable bonds is 4. The largest absolute Gasteiger partial charge is 0.481 e. The molecule has 6 N–H and O–H groups in total. The number of carboxylic acids is 1. The van der Waals surface area contributed by atoms with E-state index < -0.39 is 11.6 Å². The molecule has 14 heavy (non-hydrogen) atoms. The zero-order chi connectivity index (χ0) is 10.6. The molecule has 5 heteroatoms. The van der Waals surface area contributed by atoms with Crippen LogP contribution in [0.5, 0.6) is 0 Å². The summed E-state index contributed by atoms with van der Waals surface area (Å²) in [7, 11) is 0. The van der Waals surface area contributed by atoms with Gasteiger partial charge in [0, 0.05) is 6.42 Å². The Balaban J connectivity index is 2.40. The van der Waals surface area contributed by atoms with Crippen LogP contribution in [0.25, 0.3) is 0 Å². The van der Waals surface area contributed by atoms with Crippen LogP contribution >= 0.6 is 0 Å². The lowest BCUT2D eigenvalue weighted by Gasteiger charge is -2.30. The molecule has 1 heterocycles. The van der Waals surface area contributed by atoms with Crippen molar-refractivity contribution in [2.75, 3.05) is 0 Å². The molecule has 0 aromatic rings. The summed E-state index contributed by atoms with van der Waals surface area (Å²) in [5, 5.41) is 11.4. The average Bonchev–Trinajstić information content (AvgIpc) is 2.01. The molecule has 1 rings (SSSR count). The predicted molar refractivity (Wildman–Crippen MR) is 53.0 cm³/mol. The fraction of sp³-hybridized carbons (Fsp3) is 0.444. The maximum atomic E-state index is 10.3. The smallest absolute Gasteiger partial charge is 0.303 e. The Hall–Kier alpha value is -1.49. The van der Waals surface area contributed by atoms with Crippen LogP contribution in [0.3, 0.4) is 0 Å². The molecule has 0 saturated heterocycles. The van der Waals surface area contributed by atoms with Crippen molar-refractivity contribution in [3.8, 4) is 0 Å². The Morgan fingerprint density at radius 3 is 2.93 bits per heavy atom. The third kappa shape index (κ3) is 3.10. The van der Waals surface area contributed by atoms with Gasteiger partial charge in [0.1, 0.15) is 5.66 Å². The Morgan fingerprint density at radius 1 is 1.64 bits per heavy atom. The molecule has 1 aliphatic heterocycles. The molecule has 0 spiro atoms. The molecule has 78 valence electrons. The molecule has 5 nitrogen and oxygen atoms in total. The molecule has 0 saturated carbocycles. The second-order valence-corrected chi connectivity index (χ2v) is 3.39. The second-order valence-electron chi connectivity index (χ2n) is 3.39. The molecular weight excluding hydrogens is 182 g/mol. The van der Waals surface area contributed by atoms with Crippen molar-refractivity contribution in [2.45, 2.75) is 24.9 Å². The van der Waals surface area contributed by atoms with Crippen LogP contribution in [0.4, 0.5) is 0 Å². The molecule has 1 unspecified atom stereocenters. The fourth-order valence-electron chi connectivity index (χ4n) is 1.35. The molecule has 1 aliphatic rings. The standard InChI is InChI=1S/C9H15N3O2/c10-7-3-1-5-9(11,12-7)6-2-4-8(13)14/h1,3,5,12H,2,4,6,10-11H2,(H,13,14). The van der Waals surface area contributed by atoms with Crippen LogP contribution in [0.2, 0.25) is 0 Å².